The standard InChI is InChI=1S/C60H111NO5/c1-3-5-7-9-11-13-15-17-19-26-30-34-38-42-46-50-54-60(65)66-55-51-47-43-39-35-31-27-24-22-20-21-23-25-29-33-37-41-45-49-53-59(64)61-57(56-62)58(63)52-48-44-40-36-32-28-18-16-14-12-10-8-6-4-2/h19,24,26-27,31,35,48,52,57-58,62-63H,3-18,20-23,25,28-30,32-34,36-47,49-51,53-56H2,1-2H3,(H,61,64)/b26-19-,27-24-,35-31-,52-48+. The van der Waals surface area contributed by atoms with Crippen molar-refractivity contribution in [1.29, 1.82) is 0 Å². The zero-order valence-electron chi connectivity index (χ0n) is 43.9. The van der Waals surface area contributed by atoms with Crippen molar-refractivity contribution in [3.63, 3.8) is 0 Å². The summed E-state index contributed by atoms with van der Waals surface area (Å²) in [5.41, 5.74) is 0. The first-order valence-electron chi connectivity index (χ1n) is 28.9. The van der Waals surface area contributed by atoms with E-state index in [4.69, 9.17) is 4.74 Å². The first-order valence-corrected chi connectivity index (χ1v) is 28.9. The van der Waals surface area contributed by atoms with Crippen LogP contribution in [0.15, 0.2) is 48.6 Å². The fourth-order valence-electron chi connectivity index (χ4n) is 8.62. The van der Waals surface area contributed by atoms with Gasteiger partial charge in [0, 0.05) is 12.8 Å². The molecule has 6 nitrogen and oxygen atoms in total. The SMILES string of the molecule is CCCCCCCCC/C=C\CCCCCCCC(=O)OCCCCC/C=C\C=C/CCCCCCCCCCCCC(=O)NC(CO)C(O)/C=C/CCCCCCCCCCCCCC. The van der Waals surface area contributed by atoms with E-state index in [2.05, 4.69) is 55.6 Å². The molecule has 0 aromatic heterocycles. The fraction of sp³-hybridized carbons (Fsp3) is 0.833. The Labute approximate surface area is 410 Å². The lowest BCUT2D eigenvalue weighted by Gasteiger charge is -2.20. The molecule has 0 fully saturated rings. The van der Waals surface area contributed by atoms with E-state index in [0.717, 1.165) is 77.0 Å². The molecular formula is C60H111NO5. The number of aliphatic hydroxyl groups excluding tert-OH is 2. The van der Waals surface area contributed by atoms with Crippen molar-refractivity contribution in [3.8, 4) is 0 Å². The molecule has 0 radical (unpaired) electrons. The van der Waals surface area contributed by atoms with Crippen LogP contribution in [-0.4, -0.2) is 47.4 Å². The zero-order valence-corrected chi connectivity index (χ0v) is 43.9. The first kappa shape index (κ1) is 63.8. The number of nitrogens with one attached hydrogen (secondary N) is 1. The van der Waals surface area contributed by atoms with Crippen LogP contribution in [0.1, 0.15) is 296 Å². The monoisotopic (exact) mass is 926 g/mol. The molecule has 386 valence electrons. The van der Waals surface area contributed by atoms with Gasteiger partial charge in [0.15, 0.2) is 0 Å². The first-order chi connectivity index (χ1) is 32.5. The third kappa shape index (κ3) is 51.2. The van der Waals surface area contributed by atoms with Gasteiger partial charge >= 0.3 is 5.97 Å². The number of aliphatic hydroxyl groups is 2. The molecule has 0 aromatic rings. The summed E-state index contributed by atoms with van der Waals surface area (Å²) in [7, 11) is 0. The number of esters is 1. The summed E-state index contributed by atoms with van der Waals surface area (Å²) in [6.45, 7) is 4.85. The van der Waals surface area contributed by atoms with Crippen molar-refractivity contribution < 1.29 is 24.5 Å². The highest BCUT2D eigenvalue weighted by Gasteiger charge is 2.18. The number of hydrogen-bond acceptors (Lipinski definition) is 5. The Bertz CT molecular complexity index is 1110. The molecule has 0 saturated carbocycles. The van der Waals surface area contributed by atoms with E-state index in [1.165, 1.54) is 193 Å². The topological polar surface area (TPSA) is 95.9 Å². The van der Waals surface area contributed by atoms with Gasteiger partial charge in [-0.25, -0.2) is 0 Å². The van der Waals surface area contributed by atoms with Crippen LogP contribution in [0.4, 0.5) is 0 Å². The minimum atomic E-state index is -0.851. The fourth-order valence-corrected chi connectivity index (χ4v) is 8.62. The van der Waals surface area contributed by atoms with E-state index in [-0.39, 0.29) is 18.5 Å². The summed E-state index contributed by atoms with van der Waals surface area (Å²) in [5.74, 6) is -0.100. The number of carbonyl (C=O) groups excluding carboxylic acids is 2. The van der Waals surface area contributed by atoms with Gasteiger partial charge < -0.3 is 20.3 Å². The molecule has 2 unspecified atom stereocenters. The second-order valence-electron chi connectivity index (χ2n) is 19.6. The van der Waals surface area contributed by atoms with E-state index in [1.807, 2.05) is 6.08 Å². The van der Waals surface area contributed by atoms with Crippen molar-refractivity contribution in [1.82, 2.24) is 5.32 Å². The summed E-state index contributed by atoms with van der Waals surface area (Å²) in [4.78, 5) is 24.5. The van der Waals surface area contributed by atoms with Gasteiger partial charge in [-0.15, -0.1) is 0 Å². The van der Waals surface area contributed by atoms with Crippen LogP contribution in [0.2, 0.25) is 0 Å². The van der Waals surface area contributed by atoms with Crippen LogP contribution < -0.4 is 5.32 Å². The van der Waals surface area contributed by atoms with Crippen molar-refractivity contribution in [2.24, 2.45) is 0 Å². The van der Waals surface area contributed by atoms with Crippen LogP contribution in [0.3, 0.4) is 0 Å². The molecule has 0 bridgehead atoms. The lowest BCUT2D eigenvalue weighted by atomic mass is 10.0. The molecular weight excluding hydrogens is 815 g/mol. The second kappa shape index (κ2) is 55.4. The smallest absolute Gasteiger partial charge is 0.305 e. The van der Waals surface area contributed by atoms with Crippen LogP contribution in [0.25, 0.3) is 0 Å². The Kier molecular flexibility index (Phi) is 53.6. The van der Waals surface area contributed by atoms with Gasteiger partial charge in [0.1, 0.15) is 0 Å². The zero-order chi connectivity index (χ0) is 47.9. The summed E-state index contributed by atoms with van der Waals surface area (Å²) >= 11 is 0. The van der Waals surface area contributed by atoms with Crippen molar-refractivity contribution in [2.75, 3.05) is 13.2 Å². The van der Waals surface area contributed by atoms with Crippen molar-refractivity contribution in [2.45, 2.75) is 309 Å². The van der Waals surface area contributed by atoms with E-state index in [0.29, 0.717) is 19.4 Å². The summed E-state index contributed by atoms with van der Waals surface area (Å²) < 4.78 is 5.45. The Morgan fingerprint density at radius 3 is 1.17 bits per heavy atom. The van der Waals surface area contributed by atoms with Gasteiger partial charge in [0.2, 0.25) is 5.91 Å². The molecule has 1 amide bonds. The maximum atomic E-state index is 12.4. The van der Waals surface area contributed by atoms with Crippen LogP contribution in [0.5, 0.6) is 0 Å². The number of unbranched alkanes of at least 4 members (excludes halogenated alkanes) is 37. The highest BCUT2D eigenvalue weighted by Crippen LogP contribution is 2.16. The van der Waals surface area contributed by atoms with Gasteiger partial charge in [0.25, 0.3) is 0 Å². The van der Waals surface area contributed by atoms with Crippen molar-refractivity contribution in [3.05, 3.63) is 48.6 Å². The van der Waals surface area contributed by atoms with E-state index >= 15 is 0 Å². The molecule has 3 N–H and O–H groups in total. The summed E-state index contributed by atoms with van der Waals surface area (Å²) in [6, 6.07) is -0.636. The highest BCUT2D eigenvalue weighted by molar-refractivity contribution is 5.76. The Morgan fingerprint density at radius 1 is 0.424 bits per heavy atom. The largest absolute Gasteiger partial charge is 0.466 e. The number of rotatable bonds is 53. The Morgan fingerprint density at radius 2 is 0.758 bits per heavy atom. The Hall–Kier alpha value is -2.18. The molecule has 0 aliphatic heterocycles. The minimum absolute atomic E-state index is 0.0220. The minimum Gasteiger partial charge on any atom is -0.466 e. The molecule has 2 atom stereocenters. The lowest BCUT2D eigenvalue weighted by molar-refractivity contribution is -0.143. The van der Waals surface area contributed by atoms with E-state index in [9.17, 15) is 19.8 Å². The molecule has 0 saturated heterocycles. The second-order valence-corrected chi connectivity index (χ2v) is 19.6. The third-order valence-electron chi connectivity index (χ3n) is 13.1. The number of ether oxygens (including phenoxy) is 1. The average Bonchev–Trinajstić information content (AvgIpc) is 3.32. The molecule has 0 aliphatic carbocycles. The quantitative estimate of drug-likeness (QED) is 0.0244. The predicted octanol–water partition coefficient (Wildman–Crippen LogP) is 17.8. The van der Waals surface area contributed by atoms with Crippen LogP contribution in [-0.2, 0) is 14.3 Å². The molecule has 0 aliphatic rings. The van der Waals surface area contributed by atoms with E-state index in [1.54, 1.807) is 6.08 Å². The maximum absolute atomic E-state index is 12.4. The average molecular weight is 927 g/mol. The molecule has 0 rings (SSSR count). The predicted molar refractivity (Wildman–Crippen MR) is 287 cm³/mol. The maximum Gasteiger partial charge on any atom is 0.305 e. The molecule has 0 heterocycles. The Balaban J connectivity index is 3.51. The van der Waals surface area contributed by atoms with Gasteiger partial charge in [-0.05, 0) is 89.9 Å². The van der Waals surface area contributed by atoms with E-state index < -0.39 is 12.1 Å². The van der Waals surface area contributed by atoms with Crippen molar-refractivity contribution >= 4 is 11.9 Å². The van der Waals surface area contributed by atoms with Crippen LogP contribution in [0, 0.1) is 0 Å². The molecule has 0 spiro atoms. The van der Waals surface area contributed by atoms with Gasteiger partial charge in [0.05, 0.1) is 25.4 Å². The number of amides is 1. The highest BCUT2D eigenvalue weighted by atomic mass is 16.5. The van der Waals surface area contributed by atoms with Gasteiger partial charge in [-0.1, -0.05) is 242 Å². The van der Waals surface area contributed by atoms with Gasteiger partial charge in [-0.2, -0.15) is 0 Å². The summed E-state index contributed by atoms with van der Waals surface area (Å²) in [5, 5.41) is 23.1. The normalized spacial score (nSPS) is 13.0. The van der Waals surface area contributed by atoms with Crippen LogP contribution >= 0.6 is 0 Å². The lowest BCUT2D eigenvalue weighted by Crippen LogP contribution is -2.45. The number of carbonyl (C=O) groups is 2. The number of allylic oxidation sites excluding steroid dienone is 7. The molecule has 0 aromatic carbocycles. The molecule has 66 heavy (non-hydrogen) atoms. The molecule has 6 heteroatoms. The van der Waals surface area contributed by atoms with Gasteiger partial charge in [-0.3, -0.25) is 9.59 Å². The number of hydrogen-bond donors (Lipinski definition) is 3. The third-order valence-corrected chi connectivity index (χ3v) is 13.1. The summed E-state index contributed by atoms with van der Waals surface area (Å²) in [6.07, 6.45) is 69.9.